The number of aromatic hydroxyl groups is 1. The average Bonchev–Trinajstić information content (AvgIpc) is 3.47. The van der Waals surface area contributed by atoms with Crippen LogP contribution in [0.15, 0.2) is 71.1 Å². The fourth-order valence-electron chi connectivity index (χ4n) is 5.91. The van der Waals surface area contributed by atoms with Crippen molar-refractivity contribution in [3.63, 3.8) is 0 Å². The Bertz CT molecular complexity index is 1990. The molecule has 5 aromatic rings. The van der Waals surface area contributed by atoms with Crippen LogP contribution in [0, 0.1) is 16.9 Å². The van der Waals surface area contributed by atoms with Crippen molar-refractivity contribution in [2.24, 2.45) is 10.8 Å². The monoisotopic (exact) mass is 840 g/mol. The molecule has 2 aromatic heterocycles. The number of phenolic OH excluding ortho intramolecular Hbond substituents is 1. The number of rotatable bonds is 9. The van der Waals surface area contributed by atoms with Crippen LogP contribution in [0.5, 0.6) is 5.75 Å². The molecule has 6 nitrogen and oxygen atoms in total. The Morgan fingerprint density at radius 3 is 2.12 bits per heavy atom. The van der Waals surface area contributed by atoms with Gasteiger partial charge in [0.25, 0.3) is 0 Å². The summed E-state index contributed by atoms with van der Waals surface area (Å²) in [7, 11) is 0. The molecule has 263 valence electrons. The number of fused-ring (bicyclic) bond motifs is 4. The molecule has 0 aliphatic heterocycles. The number of nitrogens with zero attached hydrogens (tertiary/aromatic N) is 2. The first-order valence-corrected chi connectivity index (χ1v) is 17.1. The third-order valence-corrected chi connectivity index (χ3v) is 10.2. The van der Waals surface area contributed by atoms with Crippen LogP contribution in [0.4, 0.5) is 0 Å². The van der Waals surface area contributed by atoms with Crippen molar-refractivity contribution in [1.82, 2.24) is 9.97 Å². The van der Waals surface area contributed by atoms with Crippen LogP contribution in [-0.2, 0) is 30.3 Å². The molecule has 0 aliphatic carbocycles. The Hall–Kier alpha value is -3.80. The number of aliphatic hydroxyl groups is 1. The summed E-state index contributed by atoms with van der Waals surface area (Å²) >= 11 is 0. The standard InChI is InChI=1S/C27H23N2O2.C15H28O2.Ir/c1-5-8-19-21(30)11-12-22-23(19)24-25(28-15-29-26(24)31-22)17-13-16-9-6-7-10-18(16)20(14-17)27(2,3)4;1-7-14(5,8-2)12(16)11-13(17)15(6,9-3)10-4;/h5-12,14-15,30H,1-4H3;11,16H,7-10H2,1-6H3;/q-1;;/b8-5+;12-11-;. The summed E-state index contributed by atoms with van der Waals surface area (Å²) in [5.74, 6) is 0.481. The molecule has 2 N–H and O–H groups in total. The van der Waals surface area contributed by atoms with E-state index in [2.05, 4.69) is 61.1 Å². The SMILES string of the molecule is C/C=C/c1c(O)ccc2oc3ncnc(-c4[c-]c5ccccc5c(C(C)(C)C)c4)c3c12.CCC(C)(CC)C(=O)/C=C(\O)C(C)(CC)CC.[Ir]. The van der Waals surface area contributed by atoms with Crippen LogP contribution >= 0.6 is 0 Å². The van der Waals surface area contributed by atoms with Crippen molar-refractivity contribution in [2.75, 3.05) is 0 Å². The van der Waals surface area contributed by atoms with E-state index in [0.717, 1.165) is 53.1 Å². The predicted octanol–water partition coefficient (Wildman–Crippen LogP) is 11.7. The molecule has 49 heavy (non-hydrogen) atoms. The first kappa shape index (κ1) is 39.6. The van der Waals surface area contributed by atoms with Crippen LogP contribution in [0.3, 0.4) is 0 Å². The van der Waals surface area contributed by atoms with Gasteiger partial charge in [0.15, 0.2) is 5.78 Å². The molecule has 2 heterocycles. The fourth-order valence-corrected chi connectivity index (χ4v) is 5.91. The van der Waals surface area contributed by atoms with Crippen molar-refractivity contribution in [3.05, 3.63) is 83.9 Å². The minimum Gasteiger partial charge on any atom is -0.512 e. The molecule has 0 bridgehead atoms. The zero-order chi connectivity index (χ0) is 35.4. The topological polar surface area (TPSA) is 96.5 Å². The van der Waals surface area contributed by atoms with Gasteiger partial charge in [-0.3, -0.25) is 9.78 Å². The molecule has 0 atom stereocenters. The molecule has 7 heteroatoms. The second-order valence-corrected chi connectivity index (χ2v) is 14.2. The number of allylic oxidation sites excluding steroid dienone is 3. The Balaban J connectivity index is 0.000000312. The van der Waals surface area contributed by atoms with Crippen LogP contribution in [-0.4, -0.2) is 26.0 Å². The van der Waals surface area contributed by atoms with E-state index in [0.29, 0.717) is 16.9 Å². The van der Waals surface area contributed by atoms with Gasteiger partial charge in [-0.15, -0.1) is 29.1 Å². The third kappa shape index (κ3) is 8.00. The molecular formula is C42H51IrN2O4-. The van der Waals surface area contributed by atoms with Crippen molar-refractivity contribution in [3.8, 4) is 17.0 Å². The van der Waals surface area contributed by atoms with E-state index in [9.17, 15) is 15.0 Å². The Morgan fingerprint density at radius 2 is 1.53 bits per heavy atom. The van der Waals surface area contributed by atoms with Crippen LogP contribution in [0.25, 0.3) is 50.2 Å². The fraction of sp³-hybridized carbons (Fsp3) is 0.405. The number of ketones is 1. The van der Waals surface area contributed by atoms with Gasteiger partial charge in [0.05, 0.1) is 0 Å². The van der Waals surface area contributed by atoms with E-state index < -0.39 is 0 Å². The van der Waals surface area contributed by atoms with Crippen molar-refractivity contribution in [2.45, 2.75) is 100 Å². The summed E-state index contributed by atoms with van der Waals surface area (Å²) < 4.78 is 6.03. The zero-order valence-electron chi connectivity index (χ0n) is 30.6. The van der Waals surface area contributed by atoms with Gasteiger partial charge in [-0.05, 0) is 50.2 Å². The molecule has 0 fully saturated rings. The first-order valence-electron chi connectivity index (χ1n) is 17.1. The maximum atomic E-state index is 12.2. The van der Waals surface area contributed by atoms with Gasteiger partial charge in [0.1, 0.15) is 23.4 Å². The molecule has 0 spiro atoms. The van der Waals surface area contributed by atoms with Gasteiger partial charge in [-0.2, -0.15) is 0 Å². The minimum absolute atomic E-state index is 0. The molecule has 1 radical (unpaired) electrons. The predicted molar refractivity (Wildman–Crippen MR) is 199 cm³/mol. The largest absolute Gasteiger partial charge is 0.512 e. The van der Waals surface area contributed by atoms with E-state index in [1.54, 1.807) is 12.1 Å². The summed E-state index contributed by atoms with van der Waals surface area (Å²) in [6.45, 7) is 20.6. The smallest absolute Gasteiger partial charge is 0.223 e. The number of furan rings is 1. The summed E-state index contributed by atoms with van der Waals surface area (Å²) in [4.78, 5) is 21.2. The molecular weight excluding hydrogens is 789 g/mol. The number of benzene rings is 3. The third-order valence-electron chi connectivity index (χ3n) is 10.2. The van der Waals surface area contributed by atoms with Gasteiger partial charge in [-0.25, -0.2) is 4.98 Å². The van der Waals surface area contributed by atoms with E-state index in [1.165, 1.54) is 23.4 Å². The number of carbonyl (C=O) groups is 1. The quantitative estimate of drug-likeness (QED) is 0.0872. The van der Waals surface area contributed by atoms with Gasteiger partial charge < -0.3 is 14.6 Å². The van der Waals surface area contributed by atoms with E-state index in [1.807, 2.05) is 66.7 Å². The maximum absolute atomic E-state index is 12.2. The number of hydrogen-bond donors (Lipinski definition) is 2. The van der Waals surface area contributed by atoms with Crippen LogP contribution in [0.2, 0.25) is 0 Å². The number of hydrogen-bond acceptors (Lipinski definition) is 6. The summed E-state index contributed by atoms with van der Waals surface area (Å²) in [5, 5.41) is 24.5. The van der Waals surface area contributed by atoms with Gasteiger partial charge >= 0.3 is 0 Å². The molecule has 5 rings (SSSR count). The van der Waals surface area contributed by atoms with Gasteiger partial charge in [-0.1, -0.05) is 104 Å². The Kier molecular flexibility index (Phi) is 12.8. The summed E-state index contributed by atoms with van der Waals surface area (Å²) in [6.07, 6.45) is 10.1. The molecule has 0 amide bonds. The minimum atomic E-state index is -0.337. The number of phenols is 1. The number of aliphatic hydroxyl groups excluding tert-OH is 1. The molecule has 0 saturated carbocycles. The van der Waals surface area contributed by atoms with Gasteiger partial charge in [0.2, 0.25) is 5.71 Å². The molecule has 0 saturated heterocycles. The van der Waals surface area contributed by atoms with E-state index >= 15 is 0 Å². The first-order chi connectivity index (χ1) is 22.7. The molecule has 0 aliphatic rings. The Labute approximate surface area is 305 Å². The van der Waals surface area contributed by atoms with Crippen LogP contribution in [0.1, 0.15) is 106 Å². The normalized spacial score (nSPS) is 12.7. The second kappa shape index (κ2) is 15.8. The molecule has 3 aromatic carbocycles. The Morgan fingerprint density at radius 1 is 0.898 bits per heavy atom. The van der Waals surface area contributed by atoms with E-state index in [-0.39, 0.29) is 53.6 Å². The van der Waals surface area contributed by atoms with Crippen molar-refractivity contribution < 1.29 is 39.5 Å². The second-order valence-electron chi connectivity index (χ2n) is 14.2. The number of aromatic nitrogens is 2. The summed E-state index contributed by atoms with van der Waals surface area (Å²) in [5.41, 5.74) is 4.07. The van der Waals surface area contributed by atoms with Crippen molar-refractivity contribution >= 4 is 44.7 Å². The van der Waals surface area contributed by atoms with E-state index in [4.69, 9.17) is 4.42 Å². The van der Waals surface area contributed by atoms with Gasteiger partial charge in [0, 0.05) is 59.0 Å². The maximum Gasteiger partial charge on any atom is 0.223 e. The average molecular weight is 840 g/mol. The van der Waals surface area contributed by atoms with Crippen LogP contribution < -0.4 is 0 Å². The zero-order valence-corrected chi connectivity index (χ0v) is 33.0. The van der Waals surface area contributed by atoms with Crippen molar-refractivity contribution in [1.29, 1.82) is 0 Å². The summed E-state index contributed by atoms with van der Waals surface area (Å²) in [6, 6.07) is 17.4. The molecule has 0 unspecified atom stereocenters. The number of carbonyl (C=O) groups excluding carboxylic acids is 1.